The minimum atomic E-state index is -4.05. The van der Waals surface area contributed by atoms with Gasteiger partial charge in [-0.1, -0.05) is 84.0 Å². The first kappa shape index (κ1) is 27.6. The van der Waals surface area contributed by atoms with Crippen molar-refractivity contribution in [2.24, 2.45) is 0 Å². The Hall–Kier alpha value is 0.380. The zero-order chi connectivity index (χ0) is 18.1. The van der Waals surface area contributed by atoms with E-state index in [1.807, 2.05) is 0 Å². The molecule has 0 aliphatic carbocycles. The fourth-order valence-corrected chi connectivity index (χ4v) is 2.91. The summed E-state index contributed by atoms with van der Waals surface area (Å²) in [6, 6.07) is 0. The van der Waals surface area contributed by atoms with Crippen LogP contribution in [-0.4, -0.2) is 31.3 Å². The molecule has 7 heteroatoms. The molecule has 0 saturated heterocycles. The summed E-state index contributed by atoms with van der Waals surface area (Å²) >= 11 is 0. The first-order valence-electron chi connectivity index (χ1n) is 9.56. The molecular weight excluding hydrogens is 351 g/mol. The summed E-state index contributed by atoms with van der Waals surface area (Å²) in [5, 5.41) is 0. The molecule has 0 aliphatic rings. The fraction of sp³-hybridized carbons (Fsp3) is 0.944. The van der Waals surface area contributed by atoms with Crippen LogP contribution in [0.1, 0.15) is 98.2 Å². The van der Waals surface area contributed by atoms with Gasteiger partial charge in [0, 0.05) is 6.42 Å². The predicted molar refractivity (Wildman–Crippen MR) is 98.8 cm³/mol. The van der Waals surface area contributed by atoms with Crippen molar-refractivity contribution in [2.45, 2.75) is 96.8 Å². The topological polar surface area (TPSA) is 80.7 Å². The maximum atomic E-state index is 11.3. The molecule has 0 fully saturated rings. The molecule has 0 bridgehead atoms. The zero-order valence-corrected chi connectivity index (χ0v) is 19.1. The van der Waals surface area contributed by atoms with Gasteiger partial charge in [-0.25, -0.2) is 0 Å². The third kappa shape index (κ3) is 24.4. The first-order valence-corrected chi connectivity index (χ1v) is 11.2. The van der Waals surface area contributed by atoms with Crippen LogP contribution >= 0.6 is 0 Å². The van der Waals surface area contributed by atoms with Crippen molar-refractivity contribution in [2.75, 3.05) is 12.4 Å². The van der Waals surface area contributed by atoms with Gasteiger partial charge in [-0.2, -0.15) is 8.42 Å². The molecule has 0 spiro atoms. The molecule has 0 aromatic rings. The number of carbonyl (C=O) groups excluding carboxylic acids is 1. The molecule has 0 atom stereocenters. The van der Waals surface area contributed by atoms with Gasteiger partial charge >= 0.3 is 35.5 Å². The SMILES string of the molecule is CCCCCCCCCCCCCCCC(=O)OCCS(=O)(=O)O.[H-].[Na+]. The summed E-state index contributed by atoms with van der Waals surface area (Å²) in [5.41, 5.74) is 0. The van der Waals surface area contributed by atoms with Crippen LogP contribution in [0.5, 0.6) is 0 Å². The summed E-state index contributed by atoms with van der Waals surface area (Å²) < 4.78 is 34.2. The van der Waals surface area contributed by atoms with Crippen molar-refractivity contribution in [1.29, 1.82) is 0 Å². The molecule has 0 aromatic heterocycles. The van der Waals surface area contributed by atoms with Crippen LogP contribution in [0.15, 0.2) is 0 Å². The normalized spacial score (nSPS) is 11.1. The number of hydrogen-bond donors (Lipinski definition) is 1. The van der Waals surface area contributed by atoms with E-state index in [0.717, 1.165) is 19.3 Å². The molecule has 0 unspecified atom stereocenters. The molecule has 5 nitrogen and oxygen atoms in total. The summed E-state index contributed by atoms with van der Waals surface area (Å²) in [6.45, 7) is 1.98. The Bertz CT molecular complexity index is 404. The van der Waals surface area contributed by atoms with Crippen molar-refractivity contribution >= 4 is 16.1 Å². The van der Waals surface area contributed by atoms with Crippen LogP contribution in [-0.2, 0) is 19.6 Å². The van der Waals surface area contributed by atoms with E-state index in [9.17, 15) is 13.2 Å². The molecular formula is C18H37NaO5S. The molecule has 0 radical (unpaired) electrons. The van der Waals surface area contributed by atoms with Crippen LogP contribution in [0.4, 0.5) is 0 Å². The van der Waals surface area contributed by atoms with Gasteiger partial charge in [0.05, 0.1) is 0 Å². The van der Waals surface area contributed by atoms with Gasteiger partial charge in [0.2, 0.25) is 0 Å². The van der Waals surface area contributed by atoms with E-state index in [4.69, 9.17) is 9.29 Å². The minimum absolute atomic E-state index is 0. The second-order valence-electron chi connectivity index (χ2n) is 6.50. The van der Waals surface area contributed by atoms with E-state index >= 15 is 0 Å². The molecule has 0 heterocycles. The second-order valence-corrected chi connectivity index (χ2v) is 8.07. The van der Waals surface area contributed by atoms with Gasteiger partial charge < -0.3 is 6.16 Å². The van der Waals surface area contributed by atoms with Crippen LogP contribution in [0.3, 0.4) is 0 Å². The second kappa shape index (κ2) is 19.2. The van der Waals surface area contributed by atoms with Crippen molar-refractivity contribution in [3.63, 3.8) is 0 Å². The molecule has 1 N–H and O–H groups in total. The number of unbranched alkanes of at least 4 members (excludes halogenated alkanes) is 12. The van der Waals surface area contributed by atoms with Crippen LogP contribution < -0.4 is 29.6 Å². The Labute approximate surface area is 178 Å². The van der Waals surface area contributed by atoms with E-state index in [0.29, 0.717) is 6.42 Å². The van der Waals surface area contributed by atoms with E-state index in [1.165, 1.54) is 64.2 Å². The number of ether oxygens (including phenoxy) is 1. The molecule has 0 saturated carbocycles. The standard InChI is InChI=1S/C18H36O5S.Na.H/c1-2-3-4-5-6-7-8-9-10-11-12-13-14-15-18(19)23-16-17-24(20,21)22;;/h2-17H2,1H3,(H,20,21,22);;/q;+1;-1. The maximum Gasteiger partial charge on any atom is 1.00 e. The Balaban J connectivity index is -0.00000264. The van der Waals surface area contributed by atoms with E-state index in [-0.39, 0.29) is 43.6 Å². The monoisotopic (exact) mass is 388 g/mol. The Morgan fingerprint density at radius 2 is 1.24 bits per heavy atom. The van der Waals surface area contributed by atoms with E-state index in [2.05, 4.69) is 6.92 Å². The largest absolute Gasteiger partial charge is 1.00 e. The van der Waals surface area contributed by atoms with Crippen molar-refractivity contribution in [3.8, 4) is 0 Å². The van der Waals surface area contributed by atoms with Crippen LogP contribution in [0.2, 0.25) is 0 Å². The first-order chi connectivity index (χ1) is 11.5. The average molecular weight is 389 g/mol. The Kier molecular flexibility index (Phi) is 21.1. The number of carbonyl (C=O) groups is 1. The number of esters is 1. The van der Waals surface area contributed by atoms with Crippen molar-refractivity contribution < 1.29 is 53.5 Å². The van der Waals surface area contributed by atoms with Gasteiger partial charge in [-0.05, 0) is 6.42 Å². The van der Waals surface area contributed by atoms with Gasteiger partial charge in [0.1, 0.15) is 12.4 Å². The molecule has 0 aromatic carbocycles. The smallest absolute Gasteiger partial charge is 1.00 e. The van der Waals surface area contributed by atoms with Crippen molar-refractivity contribution in [3.05, 3.63) is 0 Å². The minimum Gasteiger partial charge on any atom is -1.00 e. The Morgan fingerprint density at radius 3 is 1.64 bits per heavy atom. The zero-order valence-electron chi connectivity index (χ0n) is 17.3. The summed E-state index contributed by atoms with van der Waals surface area (Å²) in [4.78, 5) is 11.3. The summed E-state index contributed by atoms with van der Waals surface area (Å²) in [5.74, 6) is -0.918. The average Bonchev–Trinajstić information content (AvgIpc) is 2.50. The third-order valence-corrected chi connectivity index (χ3v) is 4.77. The Morgan fingerprint density at radius 1 is 0.840 bits per heavy atom. The van der Waals surface area contributed by atoms with Crippen LogP contribution in [0, 0.1) is 0 Å². The molecule has 0 aliphatic heterocycles. The van der Waals surface area contributed by atoms with Gasteiger partial charge in [0.15, 0.2) is 0 Å². The van der Waals surface area contributed by atoms with Gasteiger partial charge in [-0.15, -0.1) is 0 Å². The number of hydrogen-bond acceptors (Lipinski definition) is 4. The van der Waals surface area contributed by atoms with Gasteiger partial charge in [0.25, 0.3) is 10.1 Å². The summed E-state index contributed by atoms with van der Waals surface area (Å²) in [6.07, 6.45) is 16.6. The fourth-order valence-electron chi connectivity index (χ4n) is 2.62. The molecule has 146 valence electrons. The van der Waals surface area contributed by atoms with Crippen molar-refractivity contribution in [1.82, 2.24) is 0 Å². The predicted octanol–water partition coefficient (Wildman–Crippen LogP) is 2.02. The quantitative estimate of drug-likeness (QED) is 0.178. The number of rotatable bonds is 17. The molecule has 0 amide bonds. The van der Waals surface area contributed by atoms with E-state index in [1.54, 1.807) is 0 Å². The van der Waals surface area contributed by atoms with E-state index < -0.39 is 15.9 Å². The van der Waals surface area contributed by atoms with Gasteiger partial charge in [-0.3, -0.25) is 9.35 Å². The van der Waals surface area contributed by atoms with Crippen LogP contribution in [0.25, 0.3) is 0 Å². The molecule has 25 heavy (non-hydrogen) atoms. The summed E-state index contributed by atoms with van der Waals surface area (Å²) in [7, 11) is -4.05. The third-order valence-electron chi connectivity index (χ3n) is 4.09. The maximum absolute atomic E-state index is 11.3. The molecule has 0 rings (SSSR count).